The molecule has 3 N–H and O–H groups in total. The van der Waals surface area contributed by atoms with Crippen LogP contribution in [0.3, 0.4) is 0 Å². The molecule has 0 saturated carbocycles. The second kappa shape index (κ2) is 14.2. The summed E-state index contributed by atoms with van der Waals surface area (Å²) in [6.45, 7) is 4.91. The molecule has 10 nitrogen and oxygen atoms in total. The van der Waals surface area contributed by atoms with Crippen LogP contribution in [0.15, 0.2) is 30.3 Å². The normalized spacial score (nSPS) is 20.7. The topological polar surface area (TPSA) is 134 Å². The van der Waals surface area contributed by atoms with Crippen LogP contribution in [-0.2, 0) is 30.3 Å². The van der Waals surface area contributed by atoms with E-state index in [1.807, 2.05) is 44.2 Å². The average Bonchev–Trinajstić information content (AvgIpc) is 3.44. The first-order chi connectivity index (χ1) is 18.1. The first-order valence-corrected chi connectivity index (χ1v) is 13.7. The number of amides is 4. The number of nitrogens with one attached hydrogen (secondary N) is 3. The molecule has 208 valence electrons. The number of hydrogen-bond donors (Lipinski definition) is 4. The Morgan fingerprint density at radius 3 is 2.47 bits per heavy atom. The molecule has 2 fully saturated rings. The lowest BCUT2D eigenvalue weighted by molar-refractivity contribution is -0.129. The van der Waals surface area contributed by atoms with Gasteiger partial charge in [-0.05, 0) is 43.6 Å². The summed E-state index contributed by atoms with van der Waals surface area (Å²) < 4.78 is 5.43. The Bertz CT molecular complexity index is 1000. The van der Waals surface area contributed by atoms with Crippen molar-refractivity contribution in [3.63, 3.8) is 0 Å². The molecule has 2 saturated heterocycles. The highest BCUT2D eigenvalue weighted by atomic mass is 32.1. The second-order valence-corrected chi connectivity index (χ2v) is 10.8. The summed E-state index contributed by atoms with van der Waals surface area (Å²) in [6, 6.07) is 7.76. The van der Waals surface area contributed by atoms with E-state index in [-0.39, 0.29) is 42.7 Å². The number of benzene rings is 1. The molecule has 1 aromatic carbocycles. The molecule has 38 heavy (non-hydrogen) atoms. The molecule has 2 heterocycles. The summed E-state index contributed by atoms with van der Waals surface area (Å²) in [5.41, 5.74) is 1.12. The summed E-state index contributed by atoms with van der Waals surface area (Å²) in [5.74, 6) is -0.968. The fraction of sp³-hybridized carbons (Fsp3) is 0.593. The van der Waals surface area contributed by atoms with E-state index in [1.54, 1.807) is 4.90 Å². The lowest BCUT2D eigenvalue weighted by atomic mass is 9.98. The molecular weight excluding hydrogens is 508 g/mol. The first kappa shape index (κ1) is 29.5. The number of ether oxygens (including phenoxy) is 1. The van der Waals surface area contributed by atoms with E-state index in [0.717, 1.165) is 5.56 Å². The zero-order valence-corrected chi connectivity index (χ0v) is 22.9. The zero-order chi connectivity index (χ0) is 27.7. The fourth-order valence-corrected chi connectivity index (χ4v) is 5.04. The Labute approximate surface area is 229 Å². The summed E-state index contributed by atoms with van der Waals surface area (Å²) in [5, 5.41) is 7.42. The van der Waals surface area contributed by atoms with Gasteiger partial charge >= 0.3 is 6.09 Å². The molecule has 2 aliphatic rings. The maximum absolute atomic E-state index is 13.0. The van der Waals surface area contributed by atoms with E-state index in [0.29, 0.717) is 45.2 Å². The largest absolute Gasteiger partial charge is 0.447 e. The molecule has 4 amide bonds. The highest BCUT2D eigenvalue weighted by molar-refractivity contribution is 7.96. The van der Waals surface area contributed by atoms with Crippen molar-refractivity contribution >= 4 is 41.6 Å². The van der Waals surface area contributed by atoms with Gasteiger partial charge in [-0.15, -0.1) is 12.6 Å². The minimum atomic E-state index is -0.949. The third-order valence-corrected chi connectivity index (χ3v) is 7.27. The Morgan fingerprint density at radius 2 is 1.84 bits per heavy atom. The molecule has 0 aromatic heterocycles. The van der Waals surface area contributed by atoms with Crippen LogP contribution >= 0.6 is 12.6 Å². The monoisotopic (exact) mass is 546 g/mol. The average molecular weight is 547 g/mol. The molecular formula is C27H38N4O6S. The van der Waals surface area contributed by atoms with E-state index in [9.17, 15) is 24.0 Å². The van der Waals surface area contributed by atoms with Gasteiger partial charge in [0, 0.05) is 25.4 Å². The maximum atomic E-state index is 13.0. The van der Waals surface area contributed by atoms with Gasteiger partial charge in [0.2, 0.25) is 22.8 Å². The van der Waals surface area contributed by atoms with Crippen LogP contribution in [0.2, 0.25) is 0 Å². The van der Waals surface area contributed by atoms with E-state index in [2.05, 4.69) is 28.6 Å². The number of carbonyl (C=O) groups is 5. The third-order valence-electron chi connectivity index (χ3n) is 6.96. The lowest BCUT2D eigenvalue weighted by Crippen LogP contribution is -2.52. The molecule has 11 heteroatoms. The van der Waals surface area contributed by atoms with Crippen molar-refractivity contribution in [3.05, 3.63) is 35.9 Å². The van der Waals surface area contributed by atoms with Crippen LogP contribution in [-0.4, -0.2) is 71.7 Å². The fourth-order valence-electron chi connectivity index (χ4n) is 4.87. The quantitative estimate of drug-likeness (QED) is 0.279. The SMILES string of the molecule is CC(C)C[C@H](NC(=O)OC[C@@H]1CCC(=O)N1CCc1ccccc1)C(=O)N[C@@H](C[C@@H]1CCNC1=O)C(=O)S. The molecule has 2 aliphatic heterocycles. The van der Waals surface area contributed by atoms with Crippen molar-refractivity contribution < 1.29 is 28.7 Å². The molecule has 0 aliphatic carbocycles. The van der Waals surface area contributed by atoms with Gasteiger partial charge in [-0.1, -0.05) is 44.2 Å². The third kappa shape index (κ3) is 8.75. The molecule has 0 bridgehead atoms. The van der Waals surface area contributed by atoms with Gasteiger partial charge in [0.1, 0.15) is 12.6 Å². The molecule has 3 rings (SSSR count). The summed E-state index contributed by atoms with van der Waals surface area (Å²) in [6.07, 6.45) is 1.99. The number of nitrogens with zero attached hydrogens (tertiary/aromatic N) is 1. The zero-order valence-electron chi connectivity index (χ0n) is 22.0. The number of rotatable bonds is 13. The lowest BCUT2D eigenvalue weighted by Gasteiger charge is -2.26. The molecule has 0 unspecified atom stereocenters. The van der Waals surface area contributed by atoms with Crippen molar-refractivity contribution in [1.82, 2.24) is 20.9 Å². The number of alkyl carbamates (subject to hydrolysis) is 1. The highest BCUT2D eigenvalue weighted by Gasteiger charge is 2.34. The molecule has 1 aromatic rings. The Morgan fingerprint density at radius 1 is 1.11 bits per heavy atom. The number of likely N-dealkylation sites (tertiary alicyclic amines) is 1. The van der Waals surface area contributed by atoms with Crippen LogP contribution < -0.4 is 16.0 Å². The van der Waals surface area contributed by atoms with Crippen LogP contribution in [0.25, 0.3) is 0 Å². The van der Waals surface area contributed by atoms with Crippen molar-refractivity contribution in [3.8, 4) is 0 Å². The van der Waals surface area contributed by atoms with Crippen LogP contribution in [0.5, 0.6) is 0 Å². The Kier molecular flexibility index (Phi) is 11.0. The Hall–Kier alpha value is -3.08. The van der Waals surface area contributed by atoms with Crippen molar-refractivity contribution in [2.75, 3.05) is 19.7 Å². The Balaban J connectivity index is 1.53. The first-order valence-electron chi connectivity index (χ1n) is 13.2. The van der Waals surface area contributed by atoms with Gasteiger partial charge in [0.05, 0.1) is 12.1 Å². The summed E-state index contributed by atoms with van der Waals surface area (Å²) >= 11 is 3.89. The van der Waals surface area contributed by atoms with Gasteiger partial charge in [-0.3, -0.25) is 19.2 Å². The second-order valence-electron chi connectivity index (χ2n) is 10.4. The van der Waals surface area contributed by atoms with E-state index in [1.165, 1.54) is 0 Å². The van der Waals surface area contributed by atoms with Crippen molar-refractivity contribution in [2.24, 2.45) is 11.8 Å². The number of hydrogen-bond acceptors (Lipinski definition) is 6. The smallest absolute Gasteiger partial charge is 0.407 e. The summed E-state index contributed by atoms with van der Waals surface area (Å²) in [4.78, 5) is 63.8. The highest BCUT2D eigenvalue weighted by Crippen LogP contribution is 2.20. The van der Waals surface area contributed by atoms with E-state index >= 15 is 0 Å². The number of carbonyl (C=O) groups excluding carboxylic acids is 5. The van der Waals surface area contributed by atoms with Crippen LogP contribution in [0.1, 0.15) is 51.5 Å². The molecule has 4 atom stereocenters. The predicted octanol–water partition coefficient (Wildman–Crippen LogP) is 1.83. The number of thiol groups is 1. The van der Waals surface area contributed by atoms with Gasteiger partial charge < -0.3 is 25.6 Å². The van der Waals surface area contributed by atoms with Gasteiger partial charge in [-0.25, -0.2) is 4.79 Å². The molecule has 0 spiro atoms. The van der Waals surface area contributed by atoms with Gasteiger partial charge in [0.25, 0.3) is 0 Å². The van der Waals surface area contributed by atoms with Crippen LogP contribution in [0, 0.1) is 11.8 Å². The minimum Gasteiger partial charge on any atom is -0.447 e. The van der Waals surface area contributed by atoms with Crippen LogP contribution in [0.4, 0.5) is 4.79 Å². The summed E-state index contributed by atoms with van der Waals surface area (Å²) in [7, 11) is 0. The van der Waals surface area contributed by atoms with Gasteiger partial charge in [-0.2, -0.15) is 0 Å². The predicted molar refractivity (Wildman–Crippen MR) is 144 cm³/mol. The van der Waals surface area contributed by atoms with Gasteiger partial charge in [0.15, 0.2) is 0 Å². The minimum absolute atomic E-state index is 0.0247. The van der Waals surface area contributed by atoms with Crippen molar-refractivity contribution in [1.29, 1.82) is 0 Å². The van der Waals surface area contributed by atoms with Crippen molar-refractivity contribution in [2.45, 2.75) is 70.5 Å². The standard InChI is InChI=1S/C27H38N4O6S/c1-17(2)14-21(25(34)29-22(26(35)38)15-19-10-12-28-24(19)33)30-27(36)37-16-20-8-9-23(32)31(20)13-11-18-6-4-3-5-7-18/h3-7,17,19-22H,8-16H2,1-2H3,(H,28,33)(H,29,34)(H,30,36)(H,35,38)/t19-,20-,21-,22-/m0/s1. The van der Waals surface area contributed by atoms with E-state index < -0.39 is 29.2 Å². The van der Waals surface area contributed by atoms with E-state index in [4.69, 9.17) is 4.74 Å². The maximum Gasteiger partial charge on any atom is 0.407 e. The molecule has 0 radical (unpaired) electrons.